The average Bonchev–Trinajstić information content (AvgIpc) is 2.20. The van der Waals surface area contributed by atoms with Gasteiger partial charge < -0.3 is 9.29 Å². The predicted octanol–water partition coefficient (Wildman–Crippen LogP) is 1.12. The number of carbonyl (C=O) groups excluding carboxylic acids is 1. The van der Waals surface area contributed by atoms with Crippen molar-refractivity contribution >= 4 is 17.0 Å². The van der Waals surface area contributed by atoms with Crippen LogP contribution in [0.15, 0.2) is 23.1 Å². The van der Waals surface area contributed by atoms with E-state index in [1.54, 1.807) is 0 Å². The monoisotopic (exact) mass is 232 g/mol. The molecule has 0 bridgehead atoms. The summed E-state index contributed by atoms with van der Waals surface area (Å²) in [5.41, 5.74) is 0.135. The van der Waals surface area contributed by atoms with Gasteiger partial charge in [-0.05, 0) is 17.7 Å². The van der Waals surface area contributed by atoms with E-state index < -0.39 is 22.9 Å². The van der Waals surface area contributed by atoms with Gasteiger partial charge in [0.15, 0.2) is 11.1 Å². The van der Waals surface area contributed by atoms with Crippen molar-refractivity contribution in [1.29, 1.82) is 0 Å². The quantitative estimate of drug-likeness (QED) is 0.626. The Balaban J connectivity index is 2.93. The van der Waals surface area contributed by atoms with Gasteiger partial charge in [-0.2, -0.15) is 0 Å². The first-order valence-electron chi connectivity index (χ1n) is 4.00. The number of hydrogen-bond acceptors (Lipinski definition) is 3. The SMILES string of the molecule is COC(=O)Cc1ccc(S(=O)O)cc1F. The Labute approximate surface area is 88.3 Å². The second kappa shape index (κ2) is 4.99. The molecule has 0 saturated heterocycles. The van der Waals surface area contributed by atoms with Gasteiger partial charge >= 0.3 is 5.97 Å². The van der Waals surface area contributed by atoms with Gasteiger partial charge in [-0.1, -0.05) is 6.07 Å². The maximum atomic E-state index is 13.3. The van der Waals surface area contributed by atoms with Gasteiger partial charge in [-0.25, -0.2) is 8.60 Å². The Kier molecular flexibility index (Phi) is 3.93. The van der Waals surface area contributed by atoms with Crippen molar-refractivity contribution in [2.24, 2.45) is 0 Å². The van der Waals surface area contributed by atoms with E-state index in [1.165, 1.54) is 19.2 Å². The lowest BCUT2D eigenvalue weighted by atomic mass is 10.1. The molecule has 1 unspecified atom stereocenters. The van der Waals surface area contributed by atoms with Crippen LogP contribution in [0.1, 0.15) is 5.56 Å². The number of ether oxygens (including phenoxy) is 1. The highest BCUT2D eigenvalue weighted by molar-refractivity contribution is 7.79. The summed E-state index contributed by atoms with van der Waals surface area (Å²) in [6, 6.07) is 3.50. The third-order valence-electron chi connectivity index (χ3n) is 1.79. The van der Waals surface area contributed by atoms with Crippen LogP contribution < -0.4 is 0 Å². The highest BCUT2D eigenvalue weighted by atomic mass is 32.2. The summed E-state index contributed by atoms with van der Waals surface area (Å²) >= 11 is -2.22. The van der Waals surface area contributed by atoms with E-state index in [2.05, 4.69) is 4.74 Å². The molecule has 0 amide bonds. The molecule has 1 rings (SSSR count). The van der Waals surface area contributed by atoms with Crippen LogP contribution in [-0.2, 0) is 27.0 Å². The molecule has 1 aromatic carbocycles. The largest absolute Gasteiger partial charge is 0.469 e. The van der Waals surface area contributed by atoms with Crippen LogP contribution in [-0.4, -0.2) is 21.8 Å². The standard InChI is InChI=1S/C9H9FO4S/c1-14-9(11)4-6-2-3-7(15(12)13)5-8(6)10/h2-3,5H,4H2,1H3,(H,12,13). The number of esters is 1. The summed E-state index contributed by atoms with van der Waals surface area (Å²) in [4.78, 5) is 10.8. The van der Waals surface area contributed by atoms with E-state index in [4.69, 9.17) is 4.55 Å². The van der Waals surface area contributed by atoms with E-state index in [-0.39, 0.29) is 16.9 Å². The van der Waals surface area contributed by atoms with Crippen LogP contribution in [0.4, 0.5) is 4.39 Å². The highest BCUT2D eigenvalue weighted by Crippen LogP contribution is 2.13. The van der Waals surface area contributed by atoms with Crippen molar-refractivity contribution in [3.8, 4) is 0 Å². The van der Waals surface area contributed by atoms with E-state index in [9.17, 15) is 13.4 Å². The number of halogens is 1. The molecule has 0 aliphatic rings. The molecular weight excluding hydrogens is 223 g/mol. The van der Waals surface area contributed by atoms with Crippen LogP contribution in [0.3, 0.4) is 0 Å². The summed E-state index contributed by atoms with van der Waals surface area (Å²) in [6.45, 7) is 0. The van der Waals surface area contributed by atoms with Crippen LogP contribution in [0.25, 0.3) is 0 Å². The number of benzene rings is 1. The Morgan fingerprint density at radius 1 is 1.60 bits per heavy atom. The second-order valence-electron chi connectivity index (χ2n) is 2.76. The van der Waals surface area contributed by atoms with Gasteiger partial charge in [-0.15, -0.1) is 0 Å². The van der Waals surface area contributed by atoms with Crippen molar-refractivity contribution in [3.05, 3.63) is 29.6 Å². The maximum Gasteiger partial charge on any atom is 0.310 e. The highest BCUT2D eigenvalue weighted by Gasteiger charge is 2.10. The van der Waals surface area contributed by atoms with Crippen molar-refractivity contribution in [2.75, 3.05) is 7.11 Å². The maximum absolute atomic E-state index is 13.3. The minimum Gasteiger partial charge on any atom is -0.469 e. The smallest absolute Gasteiger partial charge is 0.310 e. The van der Waals surface area contributed by atoms with Crippen molar-refractivity contribution < 1.29 is 22.7 Å². The molecule has 1 atom stereocenters. The molecule has 0 aromatic heterocycles. The average molecular weight is 232 g/mol. The lowest BCUT2D eigenvalue weighted by molar-refractivity contribution is -0.139. The predicted molar refractivity (Wildman–Crippen MR) is 51.2 cm³/mol. The zero-order chi connectivity index (χ0) is 11.4. The summed E-state index contributed by atoms with van der Waals surface area (Å²) in [7, 11) is 1.21. The molecule has 0 aliphatic carbocycles. The molecule has 4 nitrogen and oxygen atoms in total. The van der Waals surface area contributed by atoms with Gasteiger partial charge in [0.1, 0.15) is 5.82 Å². The third kappa shape index (κ3) is 3.10. The van der Waals surface area contributed by atoms with Crippen molar-refractivity contribution in [1.82, 2.24) is 0 Å². The van der Waals surface area contributed by atoms with Gasteiger partial charge in [0.05, 0.1) is 18.4 Å². The van der Waals surface area contributed by atoms with Gasteiger partial charge in [0.2, 0.25) is 0 Å². The molecule has 1 N–H and O–H groups in total. The van der Waals surface area contributed by atoms with E-state index >= 15 is 0 Å². The normalized spacial score (nSPS) is 12.2. The fraction of sp³-hybridized carbons (Fsp3) is 0.222. The molecule has 82 valence electrons. The van der Waals surface area contributed by atoms with Gasteiger partial charge in [0, 0.05) is 0 Å². The molecule has 0 heterocycles. The Morgan fingerprint density at radius 2 is 2.27 bits per heavy atom. The molecule has 15 heavy (non-hydrogen) atoms. The van der Waals surface area contributed by atoms with Crippen molar-refractivity contribution in [3.63, 3.8) is 0 Å². The Bertz CT molecular complexity index is 405. The number of hydrogen-bond donors (Lipinski definition) is 1. The summed E-state index contributed by atoms with van der Waals surface area (Å²) in [5.74, 6) is -1.26. The lowest BCUT2D eigenvalue weighted by Gasteiger charge is -2.02. The fourth-order valence-corrected chi connectivity index (χ4v) is 1.40. The molecule has 0 aliphatic heterocycles. The van der Waals surface area contributed by atoms with E-state index in [0.29, 0.717) is 0 Å². The number of methoxy groups -OCH3 is 1. The minimum atomic E-state index is -2.22. The first-order valence-corrected chi connectivity index (χ1v) is 5.11. The zero-order valence-electron chi connectivity index (χ0n) is 7.90. The molecule has 6 heteroatoms. The summed E-state index contributed by atoms with van der Waals surface area (Å²) < 4.78 is 36.9. The van der Waals surface area contributed by atoms with Gasteiger partial charge in [-0.3, -0.25) is 4.79 Å². The van der Waals surface area contributed by atoms with Crippen LogP contribution >= 0.6 is 0 Å². The Morgan fingerprint density at radius 3 is 2.73 bits per heavy atom. The second-order valence-corrected chi connectivity index (χ2v) is 3.72. The number of rotatable bonds is 3. The number of carbonyl (C=O) groups is 1. The molecule has 0 radical (unpaired) electrons. The molecule has 0 fully saturated rings. The molecule has 0 saturated carbocycles. The summed E-state index contributed by atoms with van der Waals surface area (Å²) in [6.07, 6.45) is -0.194. The molecular formula is C9H9FO4S. The summed E-state index contributed by atoms with van der Waals surface area (Å²) in [5, 5.41) is 0. The molecule has 1 aromatic rings. The Hall–Kier alpha value is -1.27. The molecule has 0 spiro atoms. The lowest BCUT2D eigenvalue weighted by Crippen LogP contribution is -2.06. The first-order chi connectivity index (χ1) is 7.04. The van der Waals surface area contributed by atoms with Gasteiger partial charge in [0.25, 0.3) is 0 Å². The minimum absolute atomic E-state index is 0.0406. The topological polar surface area (TPSA) is 63.6 Å². The zero-order valence-corrected chi connectivity index (χ0v) is 8.71. The van der Waals surface area contributed by atoms with E-state index in [0.717, 1.165) is 6.07 Å². The van der Waals surface area contributed by atoms with Crippen LogP contribution in [0.5, 0.6) is 0 Å². The van der Waals surface area contributed by atoms with E-state index in [1.807, 2.05) is 0 Å². The van der Waals surface area contributed by atoms with Crippen molar-refractivity contribution in [2.45, 2.75) is 11.3 Å². The third-order valence-corrected chi connectivity index (χ3v) is 2.45. The fourth-order valence-electron chi connectivity index (χ4n) is 1.01. The van der Waals surface area contributed by atoms with Crippen LogP contribution in [0.2, 0.25) is 0 Å². The first kappa shape index (κ1) is 11.8. The van der Waals surface area contributed by atoms with Crippen LogP contribution in [0, 0.1) is 5.82 Å².